The number of hydrogen-bond acceptors (Lipinski definition) is 4. The van der Waals surface area contributed by atoms with E-state index in [1.165, 1.54) is 4.80 Å². The van der Waals surface area contributed by atoms with Crippen molar-refractivity contribution in [1.82, 2.24) is 20.2 Å². The lowest BCUT2D eigenvalue weighted by Gasteiger charge is -2.04. The fraction of sp³-hybridized carbons (Fsp3) is 0.0476. The van der Waals surface area contributed by atoms with Crippen molar-refractivity contribution in [2.45, 2.75) is 6.54 Å². The first-order chi connectivity index (χ1) is 13.2. The van der Waals surface area contributed by atoms with Crippen molar-refractivity contribution >= 4 is 17.4 Å². The topological polar surface area (TPSA) is 60.7 Å². The summed E-state index contributed by atoms with van der Waals surface area (Å²) in [5, 5.41) is 12.8. The number of halogens is 1. The normalized spacial score (nSPS) is 10.7. The van der Waals surface area contributed by atoms with E-state index < -0.39 is 0 Å². The van der Waals surface area contributed by atoms with Gasteiger partial charge in [0.15, 0.2) is 5.78 Å². The second-order valence-electron chi connectivity index (χ2n) is 6.02. The van der Waals surface area contributed by atoms with E-state index in [0.29, 0.717) is 16.4 Å². The van der Waals surface area contributed by atoms with Crippen LogP contribution in [0.1, 0.15) is 10.4 Å². The van der Waals surface area contributed by atoms with Gasteiger partial charge in [-0.15, -0.1) is 10.2 Å². The highest BCUT2D eigenvalue weighted by Crippen LogP contribution is 2.20. The molecule has 1 heterocycles. The number of carbonyl (C=O) groups is 1. The lowest BCUT2D eigenvalue weighted by molar-refractivity contribution is 0.0961. The average Bonchev–Trinajstić information content (AvgIpc) is 3.17. The Morgan fingerprint density at radius 3 is 2.30 bits per heavy atom. The van der Waals surface area contributed by atoms with Crippen molar-refractivity contribution in [3.63, 3.8) is 0 Å². The number of tetrazole rings is 1. The van der Waals surface area contributed by atoms with Crippen LogP contribution in [-0.2, 0) is 6.54 Å². The summed E-state index contributed by atoms with van der Waals surface area (Å²) in [7, 11) is 0. The quantitative estimate of drug-likeness (QED) is 0.481. The molecule has 6 heteroatoms. The molecule has 0 spiro atoms. The Hall–Kier alpha value is -3.31. The van der Waals surface area contributed by atoms with E-state index in [4.69, 9.17) is 11.6 Å². The van der Waals surface area contributed by atoms with Crippen molar-refractivity contribution in [2.75, 3.05) is 0 Å². The van der Waals surface area contributed by atoms with Crippen LogP contribution in [0, 0.1) is 0 Å². The van der Waals surface area contributed by atoms with Gasteiger partial charge in [-0.1, -0.05) is 78.3 Å². The Balaban J connectivity index is 1.48. The first-order valence-electron chi connectivity index (χ1n) is 8.41. The van der Waals surface area contributed by atoms with Gasteiger partial charge in [-0.25, -0.2) is 0 Å². The standard InChI is InChI=1S/C21H15ClN4O/c22-19-8-4-7-18(13-19)21-23-25-26(24-21)14-20(27)17-11-9-16(10-12-17)15-5-2-1-3-6-15/h1-13H,14H2. The molecule has 3 aromatic carbocycles. The SMILES string of the molecule is O=C(Cn1nnc(-c2cccc(Cl)c2)n1)c1ccc(-c2ccccc2)cc1. The van der Waals surface area contributed by atoms with Crippen LogP contribution in [-0.4, -0.2) is 26.0 Å². The molecule has 0 unspecified atom stereocenters. The summed E-state index contributed by atoms with van der Waals surface area (Å²) in [6.07, 6.45) is 0. The van der Waals surface area contributed by atoms with Crippen LogP contribution in [0.2, 0.25) is 5.02 Å². The number of benzene rings is 3. The number of nitrogens with zero attached hydrogens (tertiary/aromatic N) is 4. The third-order valence-electron chi connectivity index (χ3n) is 4.13. The molecule has 0 atom stereocenters. The predicted molar refractivity (Wildman–Crippen MR) is 104 cm³/mol. The smallest absolute Gasteiger partial charge is 0.204 e. The first kappa shape index (κ1) is 17.1. The number of rotatable bonds is 5. The molecule has 5 nitrogen and oxygen atoms in total. The number of carbonyl (C=O) groups excluding carboxylic acids is 1. The molecule has 1 aromatic heterocycles. The monoisotopic (exact) mass is 374 g/mol. The minimum Gasteiger partial charge on any atom is -0.292 e. The molecule has 0 radical (unpaired) electrons. The van der Waals surface area contributed by atoms with Crippen LogP contribution in [0.3, 0.4) is 0 Å². The molecule has 0 saturated heterocycles. The second-order valence-corrected chi connectivity index (χ2v) is 6.46. The molecule has 0 aliphatic carbocycles. The van der Waals surface area contributed by atoms with E-state index in [0.717, 1.165) is 16.7 Å². The number of hydrogen-bond donors (Lipinski definition) is 0. The summed E-state index contributed by atoms with van der Waals surface area (Å²) in [5.41, 5.74) is 3.54. The summed E-state index contributed by atoms with van der Waals surface area (Å²) in [5.74, 6) is 0.356. The van der Waals surface area contributed by atoms with Gasteiger partial charge in [0.2, 0.25) is 5.82 Å². The zero-order valence-electron chi connectivity index (χ0n) is 14.3. The Morgan fingerprint density at radius 2 is 1.56 bits per heavy atom. The van der Waals surface area contributed by atoms with E-state index in [1.54, 1.807) is 12.1 Å². The lowest BCUT2D eigenvalue weighted by Crippen LogP contribution is -2.13. The fourth-order valence-corrected chi connectivity index (χ4v) is 2.94. The van der Waals surface area contributed by atoms with Gasteiger partial charge < -0.3 is 0 Å². The molecule has 4 aromatic rings. The third-order valence-corrected chi connectivity index (χ3v) is 4.37. The number of Topliss-reactive ketones (excluding diaryl/α,β-unsaturated/α-hetero) is 1. The number of ketones is 1. The maximum atomic E-state index is 12.5. The maximum Gasteiger partial charge on any atom is 0.204 e. The van der Waals surface area contributed by atoms with Crippen LogP contribution in [0.5, 0.6) is 0 Å². The minimum atomic E-state index is -0.0790. The van der Waals surface area contributed by atoms with Crippen LogP contribution in [0.25, 0.3) is 22.5 Å². The molecule has 0 aliphatic heterocycles. The zero-order valence-corrected chi connectivity index (χ0v) is 15.0. The van der Waals surface area contributed by atoms with Crippen LogP contribution >= 0.6 is 11.6 Å². The summed E-state index contributed by atoms with van der Waals surface area (Å²) in [4.78, 5) is 13.8. The van der Waals surface area contributed by atoms with Crippen molar-refractivity contribution in [1.29, 1.82) is 0 Å². The van der Waals surface area contributed by atoms with Crippen LogP contribution in [0.4, 0.5) is 0 Å². The van der Waals surface area contributed by atoms with Gasteiger partial charge in [0, 0.05) is 16.1 Å². The van der Waals surface area contributed by atoms with Gasteiger partial charge in [0.05, 0.1) is 0 Å². The van der Waals surface area contributed by atoms with E-state index in [1.807, 2.05) is 66.7 Å². The molecule has 27 heavy (non-hydrogen) atoms. The summed E-state index contributed by atoms with van der Waals surface area (Å²) < 4.78 is 0. The van der Waals surface area contributed by atoms with Gasteiger partial charge in [0.25, 0.3) is 0 Å². The molecular weight excluding hydrogens is 360 g/mol. The predicted octanol–water partition coefficient (Wildman–Crippen LogP) is 4.54. The highest BCUT2D eigenvalue weighted by molar-refractivity contribution is 6.30. The minimum absolute atomic E-state index is 0.0260. The van der Waals surface area contributed by atoms with Crippen molar-refractivity contribution in [3.05, 3.63) is 89.4 Å². The van der Waals surface area contributed by atoms with Crippen molar-refractivity contribution < 1.29 is 4.79 Å². The van der Waals surface area contributed by atoms with E-state index in [-0.39, 0.29) is 12.3 Å². The molecule has 0 saturated carbocycles. The van der Waals surface area contributed by atoms with Gasteiger partial charge >= 0.3 is 0 Å². The van der Waals surface area contributed by atoms with Crippen molar-refractivity contribution in [2.24, 2.45) is 0 Å². The lowest BCUT2D eigenvalue weighted by atomic mass is 10.0. The molecule has 0 aliphatic rings. The van der Waals surface area contributed by atoms with Crippen molar-refractivity contribution in [3.8, 4) is 22.5 Å². The third kappa shape index (κ3) is 3.93. The zero-order chi connectivity index (χ0) is 18.6. The Kier molecular flexibility index (Phi) is 4.77. The highest BCUT2D eigenvalue weighted by atomic mass is 35.5. The van der Waals surface area contributed by atoms with Gasteiger partial charge in [-0.05, 0) is 28.5 Å². The fourth-order valence-electron chi connectivity index (χ4n) is 2.75. The Labute approximate surface area is 161 Å². The number of aromatic nitrogens is 4. The molecule has 0 amide bonds. The second kappa shape index (κ2) is 7.51. The molecular formula is C21H15ClN4O. The summed E-state index contributed by atoms with van der Waals surface area (Å²) in [6, 6.07) is 24.7. The largest absolute Gasteiger partial charge is 0.292 e. The van der Waals surface area contributed by atoms with E-state index >= 15 is 0 Å². The van der Waals surface area contributed by atoms with E-state index in [9.17, 15) is 4.79 Å². The summed E-state index contributed by atoms with van der Waals surface area (Å²) >= 11 is 5.99. The Bertz CT molecular complexity index is 1070. The molecule has 4 rings (SSSR count). The van der Waals surface area contributed by atoms with E-state index in [2.05, 4.69) is 15.4 Å². The maximum absolute atomic E-state index is 12.5. The Morgan fingerprint density at radius 1 is 0.852 bits per heavy atom. The van der Waals surface area contributed by atoms with Crippen LogP contribution in [0.15, 0.2) is 78.9 Å². The van der Waals surface area contributed by atoms with Gasteiger partial charge in [-0.3, -0.25) is 4.79 Å². The van der Waals surface area contributed by atoms with Crippen LogP contribution < -0.4 is 0 Å². The highest BCUT2D eigenvalue weighted by Gasteiger charge is 2.11. The molecule has 132 valence electrons. The summed E-state index contributed by atoms with van der Waals surface area (Å²) in [6.45, 7) is 0.0260. The average molecular weight is 375 g/mol. The first-order valence-corrected chi connectivity index (χ1v) is 8.79. The van der Waals surface area contributed by atoms with Gasteiger partial charge in [-0.2, -0.15) is 4.80 Å². The molecule has 0 N–H and O–H groups in total. The molecule has 0 fully saturated rings. The van der Waals surface area contributed by atoms with Gasteiger partial charge in [0.1, 0.15) is 6.54 Å². The molecule has 0 bridgehead atoms.